The average Bonchev–Trinajstić information content (AvgIpc) is 3.63. The highest BCUT2D eigenvalue weighted by atomic mass is 16.4. The molecule has 16 heteroatoms. The number of hydrogen-bond acceptors (Lipinski definition) is 7. The van der Waals surface area contributed by atoms with Gasteiger partial charge in [0.05, 0.1) is 0 Å². The predicted octanol–water partition coefficient (Wildman–Crippen LogP) is 3.40. The van der Waals surface area contributed by atoms with Gasteiger partial charge in [0.1, 0.15) is 36.3 Å². The van der Waals surface area contributed by atoms with Crippen molar-refractivity contribution in [2.75, 3.05) is 13.6 Å². The van der Waals surface area contributed by atoms with E-state index in [1.54, 1.807) is 33.9 Å². The van der Waals surface area contributed by atoms with Gasteiger partial charge in [-0.25, -0.2) is 9.59 Å². The number of fused-ring (bicyclic) bond motifs is 1. The van der Waals surface area contributed by atoms with E-state index in [1.165, 1.54) is 11.9 Å². The van der Waals surface area contributed by atoms with Crippen molar-refractivity contribution >= 4 is 52.4 Å². The van der Waals surface area contributed by atoms with E-state index in [0.717, 1.165) is 22.0 Å². The third-order valence-electron chi connectivity index (χ3n) is 11.3. The lowest BCUT2D eigenvalue weighted by molar-refractivity contribution is -0.143. The molecular formula is C45H64N8O8. The van der Waals surface area contributed by atoms with Crippen molar-refractivity contribution in [2.24, 2.45) is 17.8 Å². The summed E-state index contributed by atoms with van der Waals surface area (Å²) in [5.74, 6) is -5.00. The van der Waals surface area contributed by atoms with Crippen LogP contribution in [-0.2, 0) is 41.6 Å². The summed E-state index contributed by atoms with van der Waals surface area (Å²) < 4.78 is 0. The lowest BCUT2D eigenvalue weighted by Crippen LogP contribution is -2.61. The van der Waals surface area contributed by atoms with Gasteiger partial charge in [-0.05, 0) is 60.6 Å². The number of carboxylic acid groups (broad SMARTS) is 1. The first-order valence-corrected chi connectivity index (χ1v) is 21.3. The maximum Gasteiger partial charge on any atom is 0.326 e. The third kappa shape index (κ3) is 13.5. The van der Waals surface area contributed by atoms with E-state index in [1.807, 2.05) is 68.4 Å². The Morgan fingerprint density at radius 1 is 0.820 bits per heavy atom. The van der Waals surface area contributed by atoms with Crippen LogP contribution in [0.4, 0.5) is 4.79 Å². The number of urea groups is 1. The molecule has 16 nitrogen and oxygen atoms in total. The largest absolute Gasteiger partial charge is 0.480 e. The van der Waals surface area contributed by atoms with E-state index in [9.17, 15) is 38.7 Å². The number of rotatable bonds is 12. The Morgan fingerprint density at radius 2 is 1.49 bits per heavy atom. The quantitative estimate of drug-likeness (QED) is 0.134. The lowest BCUT2D eigenvalue weighted by atomic mass is 9.97. The molecule has 2 aromatic carbocycles. The Hall–Kier alpha value is -5.93. The Kier molecular flexibility index (Phi) is 17.7. The first kappa shape index (κ1) is 47.7. The Labute approximate surface area is 358 Å². The highest BCUT2D eigenvalue weighted by Gasteiger charge is 2.37. The SMILES string of the molecule is CCC(C)C(NC(=O)NC1CCCCNC(=O)C(Cc2ccccc2)NC(=O)C(Cc2c[nH]c3ccccc23)N(C)C(=O)C(CC(C)C)NC(=O)C(C(C)C)NC1=O)C(=O)O. The molecule has 3 aromatic rings. The smallest absolute Gasteiger partial charge is 0.326 e. The van der Waals surface area contributed by atoms with Gasteiger partial charge in [-0.2, -0.15) is 0 Å². The van der Waals surface area contributed by atoms with Crippen LogP contribution in [0.2, 0.25) is 0 Å². The molecule has 61 heavy (non-hydrogen) atoms. The third-order valence-corrected chi connectivity index (χ3v) is 11.3. The fourth-order valence-electron chi connectivity index (χ4n) is 7.49. The number of hydrogen-bond donors (Lipinski definition) is 8. The normalized spacial score (nSPS) is 22.5. The second kappa shape index (κ2) is 22.6. The summed E-state index contributed by atoms with van der Waals surface area (Å²) in [7, 11) is 1.51. The van der Waals surface area contributed by atoms with Gasteiger partial charge in [0.15, 0.2) is 0 Å². The first-order chi connectivity index (χ1) is 29.0. The molecule has 0 saturated carbocycles. The molecule has 1 aromatic heterocycles. The number of para-hydroxylation sites is 1. The average molecular weight is 845 g/mol. The summed E-state index contributed by atoms with van der Waals surface area (Å²) in [6.45, 7) is 10.9. The molecule has 0 spiro atoms. The topological polar surface area (TPSA) is 231 Å². The number of carbonyl (C=O) groups excluding carboxylic acids is 6. The fraction of sp³-hybridized carbons (Fsp3) is 0.533. The molecule has 0 aliphatic carbocycles. The zero-order valence-electron chi connectivity index (χ0n) is 36.4. The molecule has 1 fully saturated rings. The van der Waals surface area contributed by atoms with Gasteiger partial charge in [0.2, 0.25) is 29.5 Å². The fourth-order valence-corrected chi connectivity index (χ4v) is 7.49. The van der Waals surface area contributed by atoms with E-state index in [2.05, 4.69) is 36.9 Å². The number of likely N-dealkylation sites (N-methyl/N-ethyl adjacent to an activating group) is 1. The first-order valence-electron chi connectivity index (χ1n) is 21.3. The van der Waals surface area contributed by atoms with Crippen LogP contribution in [0.3, 0.4) is 0 Å². The van der Waals surface area contributed by atoms with Crippen LogP contribution >= 0.6 is 0 Å². The molecule has 332 valence electrons. The molecule has 2 heterocycles. The summed E-state index contributed by atoms with van der Waals surface area (Å²) in [5.41, 5.74) is 2.43. The van der Waals surface area contributed by atoms with Crippen molar-refractivity contribution in [3.63, 3.8) is 0 Å². The zero-order chi connectivity index (χ0) is 44.8. The van der Waals surface area contributed by atoms with Crippen LogP contribution in [0.25, 0.3) is 10.9 Å². The van der Waals surface area contributed by atoms with Crippen molar-refractivity contribution in [1.29, 1.82) is 0 Å². The number of amides is 7. The van der Waals surface area contributed by atoms with Crippen molar-refractivity contribution in [2.45, 2.75) is 123 Å². The Balaban J connectivity index is 1.73. The second-order valence-electron chi connectivity index (χ2n) is 16.9. The lowest BCUT2D eigenvalue weighted by Gasteiger charge is -2.33. The standard InChI is InChI=1S/C45H64N8O8/c1-8-28(6)38(44(59)60)52-45(61)50-33-20-14-15-21-46-39(54)34(23-29-16-10-9-11-17-29)48-41(56)36(24-30-25-47-32-19-13-12-18-31(30)32)53(7)43(58)35(22-26(2)3)49-42(57)37(27(4)5)51-40(33)55/h9-13,16-19,25-28,33-38,47H,8,14-15,20-24H2,1-7H3,(H,46,54)(H,48,56)(H,49,57)(H,51,55)(H,59,60)(H2,50,52,61). The second-order valence-corrected chi connectivity index (χ2v) is 16.9. The van der Waals surface area contributed by atoms with Gasteiger partial charge in [-0.3, -0.25) is 24.0 Å². The minimum atomic E-state index is -1.22. The molecule has 7 unspecified atom stereocenters. The summed E-state index contributed by atoms with van der Waals surface area (Å²) in [5, 5.41) is 27.2. The maximum atomic E-state index is 14.6. The molecule has 1 saturated heterocycles. The number of carboxylic acids is 1. The van der Waals surface area contributed by atoms with E-state index < -0.39 is 89.6 Å². The number of H-pyrrole nitrogens is 1. The van der Waals surface area contributed by atoms with Gasteiger partial charge in [-0.1, -0.05) is 96.5 Å². The highest BCUT2D eigenvalue weighted by molar-refractivity contribution is 5.97. The molecule has 4 rings (SSSR count). The number of aliphatic carboxylic acids is 1. The van der Waals surface area contributed by atoms with Crippen LogP contribution in [0.5, 0.6) is 0 Å². The van der Waals surface area contributed by atoms with Gasteiger partial charge in [-0.15, -0.1) is 0 Å². The molecule has 7 amide bonds. The number of benzene rings is 2. The van der Waals surface area contributed by atoms with E-state index in [-0.39, 0.29) is 38.1 Å². The highest BCUT2D eigenvalue weighted by Crippen LogP contribution is 2.22. The van der Waals surface area contributed by atoms with E-state index >= 15 is 0 Å². The van der Waals surface area contributed by atoms with Crippen LogP contribution in [-0.4, -0.2) is 106 Å². The van der Waals surface area contributed by atoms with Crippen LogP contribution < -0.4 is 31.9 Å². The summed E-state index contributed by atoms with van der Waals surface area (Å²) in [4.78, 5) is 101. The Morgan fingerprint density at radius 3 is 2.15 bits per heavy atom. The molecular weight excluding hydrogens is 781 g/mol. The number of aromatic nitrogens is 1. The zero-order valence-corrected chi connectivity index (χ0v) is 36.4. The number of nitrogens with one attached hydrogen (secondary N) is 7. The van der Waals surface area contributed by atoms with Crippen LogP contribution in [0.1, 0.15) is 84.8 Å². The number of nitrogens with zero attached hydrogens (tertiary/aromatic N) is 1. The van der Waals surface area contributed by atoms with Crippen LogP contribution in [0, 0.1) is 17.8 Å². The van der Waals surface area contributed by atoms with Gasteiger partial charge in [0.25, 0.3) is 0 Å². The minimum absolute atomic E-state index is 0.0756. The summed E-state index contributed by atoms with van der Waals surface area (Å²) >= 11 is 0. The predicted molar refractivity (Wildman–Crippen MR) is 232 cm³/mol. The van der Waals surface area contributed by atoms with Gasteiger partial charge in [0, 0.05) is 43.5 Å². The Bertz CT molecular complexity index is 1980. The van der Waals surface area contributed by atoms with Crippen LogP contribution in [0.15, 0.2) is 60.8 Å². The molecule has 0 radical (unpaired) electrons. The van der Waals surface area contributed by atoms with Crippen molar-refractivity contribution in [3.8, 4) is 0 Å². The maximum absolute atomic E-state index is 14.6. The molecule has 8 N–H and O–H groups in total. The van der Waals surface area contributed by atoms with E-state index in [4.69, 9.17) is 0 Å². The monoisotopic (exact) mass is 844 g/mol. The van der Waals surface area contributed by atoms with Crippen molar-refractivity contribution in [3.05, 3.63) is 71.9 Å². The molecule has 1 aliphatic rings. The molecule has 0 bridgehead atoms. The number of aromatic amines is 1. The molecule has 1 aliphatic heterocycles. The molecule has 7 atom stereocenters. The van der Waals surface area contributed by atoms with Crippen molar-refractivity contribution in [1.82, 2.24) is 41.8 Å². The van der Waals surface area contributed by atoms with Gasteiger partial charge >= 0.3 is 12.0 Å². The van der Waals surface area contributed by atoms with E-state index in [0.29, 0.717) is 19.3 Å². The van der Waals surface area contributed by atoms with Crippen molar-refractivity contribution < 1.29 is 38.7 Å². The number of carbonyl (C=O) groups is 7. The minimum Gasteiger partial charge on any atom is -0.480 e. The van der Waals surface area contributed by atoms with Gasteiger partial charge < -0.3 is 46.9 Å². The summed E-state index contributed by atoms with van der Waals surface area (Å²) in [6, 6.07) is 9.21. The summed E-state index contributed by atoms with van der Waals surface area (Å²) in [6.07, 6.45) is 3.54.